The average Bonchev–Trinajstić information content (AvgIpc) is 3.76. The SMILES string of the molecule is O=P1([O-])Oc2ccc3c(c2-c2c(ccc4c2CCCC4)O1)CCCC3.O=P1([O-])Oc2ccc3c(c2-c2c(ccc4c2CCCC4)O1)CCCC3.O=P1([O-])Oc2ccc3c(c2-c2c(ccc4c2CCCC4)O1)CCCC3.[Gd+3]. The zero-order chi connectivity index (χ0) is 51.1. The summed E-state index contributed by atoms with van der Waals surface area (Å²) in [5, 5.41) is 0. The number of hydrogen-bond donors (Lipinski definition) is 0. The predicted octanol–water partition coefficient (Wildman–Crippen LogP) is 13.1. The van der Waals surface area contributed by atoms with Crippen LogP contribution in [-0.2, 0) is 90.7 Å². The molecule has 16 heteroatoms. The molecule has 0 saturated heterocycles. The van der Waals surface area contributed by atoms with E-state index in [-0.39, 0.29) is 39.9 Å². The van der Waals surface area contributed by atoms with Gasteiger partial charge in [0.1, 0.15) is 34.5 Å². The largest absolute Gasteiger partial charge is 3.00 e. The van der Waals surface area contributed by atoms with E-state index in [1.54, 1.807) is 0 Å². The zero-order valence-electron chi connectivity index (χ0n) is 42.5. The van der Waals surface area contributed by atoms with Gasteiger partial charge in [-0.1, -0.05) is 36.4 Å². The molecule has 0 fully saturated rings. The van der Waals surface area contributed by atoms with E-state index < -0.39 is 23.5 Å². The first-order valence-electron chi connectivity index (χ1n) is 27.4. The molecule has 76 heavy (non-hydrogen) atoms. The van der Waals surface area contributed by atoms with Crippen LogP contribution in [0.1, 0.15) is 144 Å². The molecule has 9 aliphatic rings. The second-order valence-corrected chi connectivity index (χ2v) is 25.4. The molecule has 0 saturated carbocycles. The van der Waals surface area contributed by atoms with Crippen LogP contribution in [0, 0.1) is 39.9 Å². The van der Waals surface area contributed by atoms with Crippen molar-refractivity contribution in [1.29, 1.82) is 0 Å². The molecule has 0 unspecified atom stereocenters. The average molecular weight is 1220 g/mol. The van der Waals surface area contributed by atoms with Crippen LogP contribution >= 0.6 is 23.5 Å². The number of hydrogen-bond acceptors (Lipinski definition) is 12. The van der Waals surface area contributed by atoms with Gasteiger partial charge in [0.25, 0.3) is 0 Å². The molecule has 6 aromatic rings. The van der Waals surface area contributed by atoms with Gasteiger partial charge in [-0.2, -0.15) is 0 Å². The van der Waals surface area contributed by atoms with E-state index in [0.29, 0.717) is 34.5 Å². The zero-order valence-corrected chi connectivity index (χ0v) is 47.4. The monoisotopic (exact) mass is 1220 g/mol. The Morgan fingerprint density at radius 2 is 0.395 bits per heavy atom. The third kappa shape index (κ3) is 10.1. The van der Waals surface area contributed by atoms with Gasteiger partial charge in [0, 0.05) is 33.4 Å². The van der Waals surface area contributed by atoms with Gasteiger partial charge in [-0.05, 0) is 257 Å². The van der Waals surface area contributed by atoms with Crippen molar-refractivity contribution in [3.05, 3.63) is 140 Å². The predicted molar refractivity (Wildman–Crippen MR) is 282 cm³/mol. The molecule has 0 aromatic heterocycles. The van der Waals surface area contributed by atoms with Crippen LogP contribution in [0.15, 0.2) is 72.8 Å². The molecule has 12 nitrogen and oxygen atoms in total. The topological polar surface area (TPSA) is 176 Å². The molecule has 15 rings (SSSR count). The van der Waals surface area contributed by atoms with Gasteiger partial charge in [0.15, 0.2) is 0 Å². The van der Waals surface area contributed by atoms with Crippen LogP contribution in [0.2, 0.25) is 0 Å². The number of aryl methyl sites for hydroxylation is 6. The Morgan fingerprint density at radius 3 is 0.553 bits per heavy atom. The van der Waals surface area contributed by atoms with Crippen molar-refractivity contribution >= 4 is 23.5 Å². The number of phosphoric ester groups is 3. The van der Waals surface area contributed by atoms with E-state index >= 15 is 0 Å². The van der Waals surface area contributed by atoms with Gasteiger partial charge in [0.2, 0.25) is 0 Å². The molecule has 0 atom stereocenters. The number of benzene rings is 6. The first-order chi connectivity index (χ1) is 36.4. The fraction of sp³-hybridized carbons (Fsp3) is 0.400. The first kappa shape index (κ1) is 52.7. The van der Waals surface area contributed by atoms with Gasteiger partial charge in [0.05, 0.1) is 0 Å². The van der Waals surface area contributed by atoms with E-state index in [2.05, 4.69) is 0 Å². The Hall–Kier alpha value is -3.99. The summed E-state index contributed by atoms with van der Waals surface area (Å²) in [5.74, 6) is 2.57. The summed E-state index contributed by atoms with van der Waals surface area (Å²) in [6.07, 6.45) is 25.9. The van der Waals surface area contributed by atoms with Crippen molar-refractivity contribution in [2.45, 2.75) is 154 Å². The van der Waals surface area contributed by atoms with Crippen LogP contribution in [0.3, 0.4) is 0 Å². The number of fused-ring (bicyclic) bond motifs is 21. The maximum Gasteiger partial charge on any atom is 3.00 e. The standard InChI is InChI=1S/3C20H21O4P.Gd/c3*21-25(22)23-17-11-9-13-5-1-3-7-15(13)19(17)20-16-8-4-2-6-14(16)10-12-18(20)24-25;/h3*9-12H,1-8H2,(H,21,22);/q;;;+3/p-3. The summed E-state index contributed by atoms with van der Waals surface area (Å²) in [4.78, 5) is 36.9. The molecule has 395 valence electrons. The van der Waals surface area contributed by atoms with E-state index in [1.165, 1.54) is 105 Å². The van der Waals surface area contributed by atoms with Gasteiger partial charge < -0.3 is 41.8 Å². The van der Waals surface area contributed by atoms with Gasteiger partial charge in [-0.3, -0.25) is 0 Å². The van der Waals surface area contributed by atoms with Gasteiger partial charge >= 0.3 is 63.4 Å². The van der Waals surface area contributed by atoms with Gasteiger partial charge in [-0.15, -0.1) is 0 Å². The molecule has 6 aliphatic carbocycles. The minimum Gasteiger partial charge on any atom is -0.736 e. The fourth-order valence-corrected chi connectivity index (χ4v) is 16.2. The van der Waals surface area contributed by atoms with Crippen molar-refractivity contribution in [2.24, 2.45) is 0 Å². The third-order valence-electron chi connectivity index (χ3n) is 17.0. The van der Waals surface area contributed by atoms with E-state index in [4.69, 9.17) is 27.1 Å². The van der Waals surface area contributed by atoms with E-state index in [1.807, 2.05) is 72.8 Å². The Labute approximate surface area is 476 Å². The van der Waals surface area contributed by atoms with E-state index in [9.17, 15) is 28.4 Å². The van der Waals surface area contributed by atoms with Crippen molar-refractivity contribution in [3.63, 3.8) is 0 Å². The summed E-state index contributed by atoms with van der Waals surface area (Å²) < 4.78 is 69.1. The van der Waals surface area contributed by atoms with E-state index in [0.717, 1.165) is 149 Å². The second-order valence-electron chi connectivity index (χ2n) is 21.6. The van der Waals surface area contributed by atoms with Crippen LogP contribution in [0.25, 0.3) is 33.4 Å². The maximum atomic E-state index is 12.3. The summed E-state index contributed by atoms with van der Waals surface area (Å²) in [5.41, 5.74) is 21.1. The van der Waals surface area contributed by atoms with Crippen LogP contribution in [-0.4, -0.2) is 0 Å². The summed E-state index contributed by atoms with van der Waals surface area (Å²) in [6, 6.07) is 23.0. The van der Waals surface area contributed by atoms with Gasteiger partial charge in [-0.25, -0.2) is 13.7 Å². The molecular weight excluding hydrogens is 1160 g/mol. The molecule has 3 heterocycles. The Morgan fingerprint density at radius 1 is 0.250 bits per heavy atom. The van der Waals surface area contributed by atoms with Crippen molar-refractivity contribution in [2.75, 3.05) is 0 Å². The molecule has 0 spiro atoms. The maximum absolute atomic E-state index is 12.3. The van der Waals surface area contributed by atoms with Crippen LogP contribution in [0.4, 0.5) is 0 Å². The Bertz CT molecular complexity index is 2910. The van der Waals surface area contributed by atoms with Crippen molar-refractivity contribution in [3.8, 4) is 67.9 Å². The van der Waals surface area contributed by atoms with Crippen molar-refractivity contribution in [1.82, 2.24) is 0 Å². The Balaban J connectivity index is 0.000000114. The third-order valence-corrected chi connectivity index (χ3v) is 19.5. The fourth-order valence-electron chi connectivity index (χ4n) is 13.7. The molecule has 3 aliphatic heterocycles. The molecule has 0 amide bonds. The molecular formula is C60H60GdO12P3. The summed E-state index contributed by atoms with van der Waals surface area (Å²) >= 11 is 0. The quantitative estimate of drug-likeness (QED) is 0.132. The molecule has 1 radical (unpaired) electrons. The Kier molecular flexibility index (Phi) is 14.7. The van der Waals surface area contributed by atoms with Crippen LogP contribution in [0.5, 0.6) is 34.5 Å². The summed E-state index contributed by atoms with van der Waals surface area (Å²) in [6.45, 7) is 0. The number of phosphoric acid groups is 3. The second kappa shape index (κ2) is 21.2. The summed E-state index contributed by atoms with van der Waals surface area (Å²) in [7, 11) is -13.2. The minimum absolute atomic E-state index is 0. The molecule has 0 bridgehead atoms. The number of rotatable bonds is 0. The van der Waals surface area contributed by atoms with Crippen LogP contribution < -0.4 is 41.8 Å². The smallest absolute Gasteiger partial charge is 0.736 e. The molecule has 6 aromatic carbocycles. The van der Waals surface area contributed by atoms with Crippen molar-refractivity contribution < 1.29 is 95.5 Å². The first-order valence-corrected chi connectivity index (χ1v) is 31.8. The minimum atomic E-state index is -4.42. The molecule has 0 N–H and O–H groups in total. The normalized spacial score (nSPS) is 19.8.